The van der Waals surface area contributed by atoms with Crippen molar-refractivity contribution in [3.8, 4) is 0 Å². The molecule has 4 nitrogen and oxygen atoms in total. The zero-order valence-corrected chi connectivity index (χ0v) is 12.2. The van der Waals surface area contributed by atoms with Gasteiger partial charge in [-0.3, -0.25) is 0 Å². The van der Waals surface area contributed by atoms with Gasteiger partial charge in [0, 0.05) is 0 Å². The quantitative estimate of drug-likeness (QED) is 0.599. The average Bonchev–Trinajstić information content (AvgIpc) is 2.14. The molecule has 15 heavy (non-hydrogen) atoms. The van der Waals surface area contributed by atoms with Gasteiger partial charge in [-0.15, -0.1) is 0 Å². The van der Waals surface area contributed by atoms with Gasteiger partial charge in [0.2, 0.25) is 0 Å². The van der Waals surface area contributed by atoms with E-state index < -0.39 is 27.1 Å². The second-order valence-corrected chi connectivity index (χ2v) is 10.6. The van der Waals surface area contributed by atoms with Gasteiger partial charge in [-0.1, -0.05) is 0 Å². The Morgan fingerprint density at radius 2 is 2.07 bits per heavy atom. The molecule has 1 heterocycles. The van der Waals surface area contributed by atoms with Gasteiger partial charge in [-0.05, 0) is 0 Å². The van der Waals surface area contributed by atoms with E-state index in [2.05, 4.69) is 35.5 Å². The predicted octanol–water partition coefficient (Wildman–Crippen LogP) is 0.811. The monoisotopic (exact) mass is 314 g/mol. The van der Waals surface area contributed by atoms with Crippen molar-refractivity contribution in [3.05, 3.63) is 18.1 Å². The molecule has 1 aromatic rings. The number of hydrogen-bond acceptors (Lipinski definition) is 4. The van der Waals surface area contributed by atoms with Crippen molar-refractivity contribution >= 4 is 30.8 Å². The molecule has 0 atom stereocenters. The number of ether oxygens (including phenoxy) is 1. The van der Waals surface area contributed by atoms with Gasteiger partial charge in [0.15, 0.2) is 0 Å². The summed E-state index contributed by atoms with van der Waals surface area (Å²) in [6.07, 6.45) is 3.20. The molecule has 0 saturated heterocycles. The summed E-state index contributed by atoms with van der Waals surface area (Å²) < 4.78 is 5.88. The minimum atomic E-state index is -0.806. The molecule has 1 rings (SSSR count). The molecule has 0 aliphatic carbocycles. The summed E-state index contributed by atoms with van der Waals surface area (Å²) in [5.74, 6) is -0.419. The van der Waals surface area contributed by atoms with Gasteiger partial charge >= 0.3 is 99.7 Å². The Kier molecular flexibility index (Phi) is 4.07. The van der Waals surface area contributed by atoms with Crippen LogP contribution in [0.4, 0.5) is 0 Å². The van der Waals surface area contributed by atoms with E-state index in [1.165, 1.54) is 13.3 Å². The molecule has 0 spiro atoms. The Labute approximate surface area is 99.7 Å². The van der Waals surface area contributed by atoms with Crippen LogP contribution in [-0.2, 0) is 4.74 Å². The Bertz CT molecular complexity index is 361. The molecule has 5 heteroatoms. The fourth-order valence-corrected chi connectivity index (χ4v) is 4.11. The van der Waals surface area contributed by atoms with Crippen LogP contribution in [-0.4, -0.2) is 44.2 Å². The minimum absolute atomic E-state index is 0.298. The number of methoxy groups -OCH3 is 1. The Morgan fingerprint density at radius 3 is 2.60 bits per heavy atom. The summed E-state index contributed by atoms with van der Waals surface area (Å²) in [6.45, 7) is 6.56. The number of aromatic nitrogens is 2. The molecule has 80 valence electrons. The Morgan fingerprint density at radius 1 is 1.40 bits per heavy atom. The Hall–Kier alpha value is -0.651. The fourth-order valence-electron chi connectivity index (χ4n) is 1.01. The van der Waals surface area contributed by atoms with Gasteiger partial charge in [-0.2, -0.15) is 0 Å². The number of hydrogen-bond donors (Lipinski definition) is 0. The summed E-state index contributed by atoms with van der Waals surface area (Å²) in [7, 11) is 1.35. The van der Waals surface area contributed by atoms with Crippen molar-refractivity contribution in [2.24, 2.45) is 0 Å². The van der Waals surface area contributed by atoms with E-state index in [9.17, 15) is 4.79 Å². The van der Waals surface area contributed by atoms with Gasteiger partial charge in [0.1, 0.15) is 0 Å². The van der Waals surface area contributed by atoms with Crippen molar-refractivity contribution in [2.75, 3.05) is 7.11 Å². The third kappa shape index (κ3) is 4.15. The summed E-state index contributed by atoms with van der Waals surface area (Å²) in [4.78, 5) is 19.5. The van der Waals surface area contributed by atoms with E-state index in [1.54, 1.807) is 6.20 Å². The topological polar surface area (TPSA) is 52.1 Å². The normalized spacial score (nSPS) is 11.2. The number of rotatable bonds is 2. The van der Waals surface area contributed by atoms with Crippen LogP contribution in [0.5, 0.6) is 0 Å². The van der Waals surface area contributed by atoms with Crippen LogP contribution >= 0.6 is 0 Å². The number of esters is 1. The molecule has 0 bridgehead atoms. The summed E-state index contributed by atoms with van der Waals surface area (Å²) >= 11 is -0.806. The van der Waals surface area contributed by atoms with E-state index in [4.69, 9.17) is 0 Å². The van der Waals surface area contributed by atoms with Gasteiger partial charge in [-0.25, -0.2) is 0 Å². The maximum atomic E-state index is 11.2. The molecule has 0 amide bonds. The molecule has 0 saturated carbocycles. The first-order chi connectivity index (χ1) is 6.92. The van der Waals surface area contributed by atoms with Crippen molar-refractivity contribution in [2.45, 2.75) is 24.2 Å². The Balaban J connectivity index is 2.88. The first-order valence-electron chi connectivity index (χ1n) is 4.61. The molecule has 0 unspecified atom stereocenters. The SMILES string of the molecule is COC(=O)c1cnc[c]([Sn][C](C)(C)C)n1. The van der Waals surface area contributed by atoms with Crippen LogP contribution in [0.25, 0.3) is 0 Å². The zero-order chi connectivity index (χ0) is 11.5. The molecule has 2 radical (unpaired) electrons. The number of carbonyl (C=O) groups excluding carboxylic acids is 1. The molecule has 0 fully saturated rings. The van der Waals surface area contributed by atoms with Crippen LogP contribution < -0.4 is 3.71 Å². The predicted molar refractivity (Wildman–Crippen MR) is 58.5 cm³/mol. The van der Waals surface area contributed by atoms with Gasteiger partial charge in [0.05, 0.1) is 0 Å². The van der Waals surface area contributed by atoms with E-state index in [1.807, 2.05) is 0 Å². The molecule has 0 N–H and O–H groups in total. The standard InChI is InChI=1S/C6H5N2O2.C4H9.Sn/c1-10-6(9)5-4-7-2-3-8-5;1-4(2)3;/h2,4H,1H3;1-3H3;. The van der Waals surface area contributed by atoms with Gasteiger partial charge in [0.25, 0.3) is 0 Å². The van der Waals surface area contributed by atoms with Gasteiger partial charge < -0.3 is 0 Å². The van der Waals surface area contributed by atoms with Crippen LogP contribution in [0.3, 0.4) is 0 Å². The van der Waals surface area contributed by atoms with Crippen LogP contribution in [0.15, 0.2) is 12.4 Å². The molecule has 0 aliphatic heterocycles. The second-order valence-electron chi connectivity index (χ2n) is 4.16. The van der Waals surface area contributed by atoms with E-state index >= 15 is 0 Å². The average molecular weight is 313 g/mol. The van der Waals surface area contributed by atoms with Crippen molar-refractivity contribution in [1.82, 2.24) is 9.97 Å². The third-order valence-corrected chi connectivity index (χ3v) is 5.09. The van der Waals surface area contributed by atoms with E-state index in [-0.39, 0.29) is 0 Å². The maximum absolute atomic E-state index is 11.2. The first kappa shape index (κ1) is 12.4. The van der Waals surface area contributed by atoms with Crippen molar-refractivity contribution < 1.29 is 9.53 Å². The van der Waals surface area contributed by atoms with Crippen molar-refractivity contribution in [3.63, 3.8) is 0 Å². The number of carbonyl (C=O) groups is 1. The second kappa shape index (κ2) is 4.92. The third-order valence-electron chi connectivity index (χ3n) is 1.53. The zero-order valence-electron chi connectivity index (χ0n) is 9.37. The van der Waals surface area contributed by atoms with Crippen LogP contribution in [0.1, 0.15) is 31.3 Å². The van der Waals surface area contributed by atoms with Crippen LogP contribution in [0, 0.1) is 0 Å². The molecular weight excluding hydrogens is 299 g/mol. The summed E-state index contributed by atoms with van der Waals surface area (Å²) in [5, 5.41) is 0. The van der Waals surface area contributed by atoms with Crippen molar-refractivity contribution in [1.29, 1.82) is 0 Å². The summed E-state index contributed by atoms with van der Waals surface area (Å²) in [5.41, 5.74) is 0.306. The first-order valence-corrected chi connectivity index (χ1v) is 7.46. The van der Waals surface area contributed by atoms with E-state index in [0.29, 0.717) is 9.12 Å². The summed E-state index contributed by atoms with van der Waals surface area (Å²) in [6, 6.07) is 0. The molecule has 0 aromatic carbocycles. The molecular formula is C10H14N2O2Sn. The molecule has 1 aromatic heterocycles. The van der Waals surface area contributed by atoms with E-state index in [0.717, 1.165) is 3.71 Å². The number of nitrogens with zero attached hydrogens (tertiary/aromatic N) is 2. The van der Waals surface area contributed by atoms with Crippen LogP contribution in [0.2, 0.25) is 3.43 Å². The fraction of sp³-hybridized carbons (Fsp3) is 0.500. The molecule has 0 aliphatic rings.